The predicted molar refractivity (Wildman–Crippen MR) is 75.0 cm³/mol. The quantitative estimate of drug-likeness (QED) is 0.812. The van der Waals surface area contributed by atoms with E-state index in [2.05, 4.69) is 16.2 Å². The maximum Gasteiger partial charge on any atom is 0.264 e. The van der Waals surface area contributed by atoms with Gasteiger partial charge >= 0.3 is 0 Å². The highest BCUT2D eigenvalue weighted by molar-refractivity contribution is 5.46. The molecule has 2 rings (SSSR count). The molecule has 110 valence electrons. The third-order valence-electron chi connectivity index (χ3n) is 2.72. The molecule has 0 saturated carbocycles. The Balaban J connectivity index is 2.09. The average molecular weight is 287 g/mol. The van der Waals surface area contributed by atoms with Crippen molar-refractivity contribution in [1.82, 2.24) is 10.1 Å². The molecule has 1 heterocycles. The van der Waals surface area contributed by atoms with Crippen LogP contribution in [0.5, 0.6) is 11.5 Å². The van der Waals surface area contributed by atoms with E-state index < -0.39 is 0 Å². The van der Waals surface area contributed by atoms with Crippen molar-refractivity contribution in [1.29, 1.82) is 5.26 Å². The van der Waals surface area contributed by atoms with E-state index in [0.29, 0.717) is 35.4 Å². The standard InChI is InChI=1S/C15H17N3O3/c1-4-19-13-7-11(8-16)5-6-12(13)20-9-14-17-15(10(2)3)18-21-14/h5-7,10H,4,9H2,1-3H3. The van der Waals surface area contributed by atoms with Gasteiger partial charge in [0.25, 0.3) is 5.89 Å². The molecule has 0 unspecified atom stereocenters. The summed E-state index contributed by atoms with van der Waals surface area (Å²) < 4.78 is 16.2. The van der Waals surface area contributed by atoms with Gasteiger partial charge in [0.15, 0.2) is 23.9 Å². The Morgan fingerprint density at radius 2 is 2.10 bits per heavy atom. The molecule has 0 amide bonds. The topological polar surface area (TPSA) is 81.2 Å². The fourth-order valence-corrected chi connectivity index (χ4v) is 1.67. The lowest BCUT2D eigenvalue weighted by atomic mass is 10.2. The van der Waals surface area contributed by atoms with Gasteiger partial charge in [0, 0.05) is 12.0 Å². The first-order valence-electron chi connectivity index (χ1n) is 6.76. The van der Waals surface area contributed by atoms with Gasteiger partial charge in [-0.25, -0.2) is 0 Å². The van der Waals surface area contributed by atoms with Crippen LogP contribution < -0.4 is 9.47 Å². The highest BCUT2D eigenvalue weighted by Crippen LogP contribution is 2.29. The normalized spacial score (nSPS) is 10.4. The molecule has 0 aliphatic heterocycles. The number of aromatic nitrogens is 2. The lowest BCUT2D eigenvalue weighted by molar-refractivity contribution is 0.228. The number of benzene rings is 1. The number of hydrogen-bond acceptors (Lipinski definition) is 6. The van der Waals surface area contributed by atoms with Crippen LogP contribution in [0.4, 0.5) is 0 Å². The van der Waals surface area contributed by atoms with Gasteiger partial charge in [-0.15, -0.1) is 0 Å². The summed E-state index contributed by atoms with van der Waals surface area (Å²) >= 11 is 0. The van der Waals surface area contributed by atoms with E-state index in [1.165, 1.54) is 0 Å². The average Bonchev–Trinajstić information content (AvgIpc) is 2.95. The van der Waals surface area contributed by atoms with Crippen molar-refractivity contribution in [3.63, 3.8) is 0 Å². The Bertz CT molecular complexity index is 644. The Kier molecular flexibility index (Phi) is 4.77. The van der Waals surface area contributed by atoms with Crippen LogP contribution in [0, 0.1) is 11.3 Å². The molecule has 1 aromatic heterocycles. The van der Waals surface area contributed by atoms with Crippen molar-refractivity contribution >= 4 is 0 Å². The zero-order valence-corrected chi connectivity index (χ0v) is 12.3. The van der Waals surface area contributed by atoms with Crippen LogP contribution in [-0.4, -0.2) is 16.7 Å². The van der Waals surface area contributed by atoms with Crippen LogP contribution in [0.25, 0.3) is 0 Å². The van der Waals surface area contributed by atoms with Gasteiger partial charge in [-0.1, -0.05) is 19.0 Å². The van der Waals surface area contributed by atoms with Gasteiger partial charge in [-0.3, -0.25) is 0 Å². The molecule has 0 fully saturated rings. The summed E-state index contributed by atoms with van der Waals surface area (Å²) in [5, 5.41) is 12.8. The monoisotopic (exact) mass is 287 g/mol. The zero-order chi connectivity index (χ0) is 15.2. The lowest BCUT2D eigenvalue weighted by Gasteiger charge is -2.10. The minimum Gasteiger partial charge on any atom is -0.490 e. The van der Waals surface area contributed by atoms with E-state index in [-0.39, 0.29) is 12.5 Å². The molecule has 21 heavy (non-hydrogen) atoms. The van der Waals surface area contributed by atoms with Crippen molar-refractivity contribution in [2.75, 3.05) is 6.61 Å². The molecule has 0 saturated heterocycles. The largest absolute Gasteiger partial charge is 0.490 e. The van der Waals surface area contributed by atoms with Crippen molar-refractivity contribution < 1.29 is 14.0 Å². The lowest BCUT2D eigenvalue weighted by Crippen LogP contribution is -2.00. The second-order valence-electron chi connectivity index (χ2n) is 4.70. The van der Waals surface area contributed by atoms with E-state index in [4.69, 9.17) is 19.3 Å². The van der Waals surface area contributed by atoms with Crippen molar-refractivity contribution in [2.45, 2.75) is 33.3 Å². The van der Waals surface area contributed by atoms with E-state index in [1.54, 1.807) is 18.2 Å². The van der Waals surface area contributed by atoms with Crippen LogP contribution in [0.2, 0.25) is 0 Å². The van der Waals surface area contributed by atoms with Crippen LogP contribution in [0.15, 0.2) is 22.7 Å². The second kappa shape index (κ2) is 6.75. The summed E-state index contributed by atoms with van der Waals surface area (Å²) in [5.74, 6) is 2.33. The predicted octanol–water partition coefficient (Wildman–Crippen LogP) is 3.04. The van der Waals surface area contributed by atoms with Gasteiger partial charge in [0.05, 0.1) is 18.2 Å². The van der Waals surface area contributed by atoms with Crippen molar-refractivity contribution in [2.24, 2.45) is 0 Å². The van der Waals surface area contributed by atoms with Crippen LogP contribution in [0.3, 0.4) is 0 Å². The minimum absolute atomic E-state index is 0.158. The second-order valence-corrected chi connectivity index (χ2v) is 4.70. The van der Waals surface area contributed by atoms with Gasteiger partial charge in [-0.2, -0.15) is 10.2 Å². The van der Waals surface area contributed by atoms with E-state index >= 15 is 0 Å². The molecule has 0 spiro atoms. The Labute approximate surface area is 123 Å². The molecule has 1 aromatic carbocycles. The molecular formula is C15H17N3O3. The maximum absolute atomic E-state index is 8.90. The highest BCUT2D eigenvalue weighted by atomic mass is 16.5. The first kappa shape index (κ1) is 14.9. The third kappa shape index (κ3) is 3.72. The van der Waals surface area contributed by atoms with E-state index in [1.807, 2.05) is 20.8 Å². The summed E-state index contributed by atoms with van der Waals surface area (Å²) in [6.07, 6.45) is 0. The molecule has 0 aliphatic carbocycles. The molecule has 2 aromatic rings. The summed E-state index contributed by atoms with van der Waals surface area (Å²) in [7, 11) is 0. The first-order valence-corrected chi connectivity index (χ1v) is 6.76. The molecule has 0 atom stereocenters. The smallest absolute Gasteiger partial charge is 0.264 e. The van der Waals surface area contributed by atoms with Gasteiger partial charge < -0.3 is 14.0 Å². The van der Waals surface area contributed by atoms with E-state index in [9.17, 15) is 0 Å². The third-order valence-corrected chi connectivity index (χ3v) is 2.72. The number of nitrogens with zero attached hydrogens (tertiary/aromatic N) is 3. The Morgan fingerprint density at radius 1 is 1.29 bits per heavy atom. The Hall–Kier alpha value is -2.55. The Morgan fingerprint density at radius 3 is 2.71 bits per heavy atom. The summed E-state index contributed by atoms with van der Waals surface area (Å²) in [6.45, 7) is 6.50. The molecular weight excluding hydrogens is 270 g/mol. The fourth-order valence-electron chi connectivity index (χ4n) is 1.67. The molecule has 6 heteroatoms. The molecule has 0 aliphatic rings. The van der Waals surface area contributed by atoms with Gasteiger partial charge in [0.1, 0.15) is 0 Å². The molecule has 0 bridgehead atoms. The number of hydrogen-bond donors (Lipinski definition) is 0. The van der Waals surface area contributed by atoms with Crippen molar-refractivity contribution in [3.8, 4) is 17.6 Å². The van der Waals surface area contributed by atoms with Crippen LogP contribution in [0.1, 0.15) is 44.0 Å². The SMILES string of the molecule is CCOc1cc(C#N)ccc1OCc1nc(C(C)C)no1. The van der Waals surface area contributed by atoms with Crippen molar-refractivity contribution in [3.05, 3.63) is 35.5 Å². The van der Waals surface area contributed by atoms with Gasteiger partial charge in [-0.05, 0) is 19.1 Å². The molecule has 0 N–H and O–H groups in total. The summed E-state index contributed by atoms with van der Waals surface area (Å²) in [5.41, 5.74) is 0.519. The minimum atomic E-state index is 0.158. The summed E-state index contributed by atoms with van der Waals surface area (Å²) in [4.78, 5) is 4.24. The van der Waals surface area contributed by atoms with Crippen LogP contribution in [-0.2, 0) is 6.61 Å². The maximum atomic E-state index is 8.90. The highest BCUT2D eigenvalue weighted by Gasteiger charge is 2.12. The fraction of sp³-hybridized carbons (Fsp3) is 0.400. The van der Waals surface area contributed by atoms with Crippen LogP contribution >= 0.6 is 0 Å². The van der Waals surface area contributed by atoms with E-state index in [0.717, 1.165) is 0 Å². The first-order chi connectivity index (χ1) is 10.1. The zero-order valence-electron chi connectivity index (χ0n) is 12.3. The number of nitriles is 1. The number of ether oxygens (including phenoxy) is 2. The molecule has 6 nitrogen and oxygen atoms in total. The molecule has 0 radical (unpaired) electrons. The van der Waals surface area contributed by atoms with Gasteiger partial charge in [0.2, 0.25) is 0 Å². The summed E-state index contributed by atoms with van der Waals surface area (Å²) in [6, 6.07) is 7.08. The number of rotatable bonds is 6.